The largest absolute Gasteiger partial charge is 0.460 e. The van der Waals surface area contributed by atoms with Gasteiger partial charge in [0.05, 0.1) is 0 Å². The summed E-state index contributed by atoms with van der Waals surface area (Å²) in [6, 6.07) is 0. The summed E-state index contributed by atoms with van der Waals surface area (Å²) in [6.07, 6.45) is 3.27. The minimum absolute atomic E-state index is 0.116. The molecule has 0 N–H and O–H groups in total. The van der Waals surface area contributed by atoms with Gasteiger partial charge in [0.1, 0.15) is 10.0 Å². The highest BCUT2D eigenvalue weighted by atomic mass is 127. The zero-order valence-electron chi connectivity index (χ0n) is 9.18. The number of carbonyl (C=O) groups excluding carboxylic acids is 1. The molecule has 1 unspecified atom stereocenters. The molecule has 1 atom stereocenters. The van der Waals surface area contributed by atoms with Crippen LogP contribution in [0.25, 0.3) is 0 Å². The van der Waals surface area contributed by atoms with E-state index in [9.17, 15) is 4.79 Å². The normalized spacial score (nSPS) is 14.9. The standard InChI is InChI=1S/C11H19IO2/c1-5-7-14-10(13)11(12,6-2)8-9(3)4/h5,9H,1,6-8H2,2-4H3. The molecule has 3 heteroatoms. The first-order valence-corrected chi connectivity index (χ1v) is 6.01. The summed E-state index contributed by atoms with van der Waals surface area (Å²) < 4.78 is 4.72. The summed E-state index contributed by atoms with van der Waals surface area (Å²) in [5.74, 6) is 0.386. The Labute approximate surface area is 100 Å². The molecule has 82 valence electrons. The molecule has 0 fully saturated rings. The van der Waals surface area contributed by atoms with E-state index in [0.29, 0.717) is 12.5 Å². The first-order valence-electron chi connectivity index (χ1n) is 4.93. The Morgan fingerprint density at radius 3 is 2.57 bits per heavy atom. The highest BCUT2D eigenvalue weighted by Gasteiger charge is 2.35. The van der Waals surface area contributed by atoms with Gasteiger partial charge >= 0.3 is 5.97 Å². The van der Waals surface area contributed by atoms with Gasteiger partial charge in [0.25, 0.3) is 0 Å². The summed E-state index contributed by atoms with van der Waals surface area (Å²) in [4.78, 5) is 11.7. The van der Waals surface area contributed by atoms with Gasteiger partial charge in [0.15, 0.2) is 0 Å². The maximum atomic E-state index is 11.7. The number of hydrogen-bond acceptors (Lipinski definition) is 2. The fraction of sp³-hybridized carbons (Fsp3) is 0.727. The Morgan fingerprint density at radius 1 is 1.64 bits per heavy atom. The quantitative estimate of drug-likeness (QED) is 0.325. The van der Waals surface area contributed by atoms with Crippen LogP contribution < -0.4 is 0 Å². The molecular weight excluding hydrogens is 291 g/mol. The number of alkyl halides is 1. The first-order chi connectivity index (χ1) is 6.46. The lowest BCUT2D eigenvalue weighted by Crippen LogP contribution is -2.34. The van der Waals surface area contributed by atoms with Gasteiger partial charge < -0.3 is 4.74 Å². The van der Waals surface area contributed by atoms with Crippen molar-refractivity contribution in [3.05, 3.63) is 12.7 Å². The molecule has 0 aliphatic rings. The number of hydrogen-bond donors (Lipinski definition) is 0. The lowest BCUT2D eigenvalue weighted by atomic mass is 9.95. The average molecular weight is 310 g/mol. The number of rotatable bonds is 6. The van der Waals surface area contributed by atoms with E-state index in [-0.39, 0.29) is 9.39 Å². The molecule has 0 bridgehead atoms. The maximum Gasteiger partial charge on any atom is 0.322 e. The summed E-state index contributed by atoms with van der Waals surface area (Å²) in [6.45, 7) is 10.1. The Balaban J connectivity index is 4.34. The predicted molar refractivity (Wildman–Crippen MR) is 67.7 cm³/mol. The molecule has 0 aromatic heterocycles. The van der Waals surface area contributed by atoms with E-state index >= 15 is 0 Å². The van der Waals surface area contributed by atoms with Crippen LogP contribution in [0.5, 0.6) is 0 Å². The highest BCUT2D eigenvalue weighted by Crippen LogP contribution is 2.32. The Morgan fingerprint density at radius 2 is 2.21 bits per heavy atom. The summed E-state index contributed by atoms with van der Waals surface area (Å²) in [7, 11) is 0. The first kappa shape index (κ1) is 13.9. The summed E-state index contributed by atoms with van der Waals surface area (Å²) in [5, 5.41) is 0. The molecule has 0 amide bonds. The van der Waals surface area contributed by atoms with Crippen molar-refractivity contribution in [2.75, 3.05) is 6.61 Å². The van der Waals surface area contributed by atoms with Crippen LogP contribution in [0, 0.1) is 5.92 Å². The highest BCUT2D eigenvalue weighted by molar-refractivity contribution is 14.1. The third kappa shape index (κ3) is 4.44. The van der Waals surface area contributed by atoms with E-state index in [1.165, 1.54) is 0 Å². The van der Waals surface area contributed by atoms with E-state index in [0.717, 1.165) is 12.8 Å². The summed E-state index contributed by atoms with van der Waals surface area (Å²) >= 11 is 2.21. The van der Waals surface area contributed by atoms with Crippen molar-refractivity contribution in [1.82, 2.24) is 0 Å². The fourth-order valence-corrected chi connectivity index (χ4v) is 2.32. The Bertz CT molecular complexity index is 201. The fourth-order valence-electron chi connectivity index (χ4n) is 1.28. The third-order valence-corrected chi connectivity index (χ3v) is 3.63. The van der Waals surface area contributed by atoms with Crippen LogP contribution in [0.1, 0.15) is 33.6 Å². The Hall–Kier alpha value is -0.0600. The van der Waals surface area contributed by atoms with Gasteiger partial charge in [-0.05, 0) is 18.8 Å². The van der Waals surface area contributed by atoms with Crippen molar-refractivity contribution >= 4 is 28.6 Å². The zero-order chi connectivity index (χ0) is 11.2. The van der Waals surface area contributed by atoms with Crippen molar-refractivity contribution in [2.45, 2.75) is 37.0 Å². The smallest absolute Gasteiger partial charge is 0.322 e. The van der Waals surface area contributed by atoms with Crippen LogP contribution in [0.3, 0.4) is 0 Å². The monoisotopic (exact) mass is 310 g/mol. The minimum Gasteiger partial charge on any atom is -0.460 e. The van der Waals surface area contributed by atoms with Gasteiger partial charge in [-0.3, -0.25) is 4.79 Å². The van der Waals surface area contributed by atoms with Crippen LogP contribution in [-0.4, -0.2) is 16.0 Å². The molecule has 0 aromatic rings. The minimum atomic E-state index is -0.366. The topological polar surface area (TPSA) is 26.3 Å². The lowest BCUT2D eigenvalue weighted by molar-refractivity contribution is -0.145. The zero-order valence-corrected chi connectivity index (χ0v) is 11.3. The van der Waals surface area contributed by atoms with Crippen molar-refractivity contribution in [1.29, 1.82) is 0 Å². The SMILES string of the molecule is C=CCOC(=O)C(I)(CC)CC(C)C. The maximum absolute atomic E-state index is 11.7. The molecule has 0 radical (unpaired) electrons. The van der Waals surface area contributed by atoms with E-state index in [4.69, 9.17) is 4.74 Å². The van der Waals surface area contributed by atoms with E-state index in [1.54, 1.807) is 6.08 Å². The molecule has 0 rings (SSSR count). The molecule has 0 aromatic carbocycles. The van der Waals surface area contributed by atoms with Crippen LogP contribution in [-0.2, 0) is 9.53 Å². The van der Waals surface area contributed by atoms with Crippen LogP contribution in [0.2, 0.25) is 0 Å². The molecule has 0 saturated heterocycles. The Kier molecular flexibility index (Phi) is 6.40. The molecule has 0 heterocycles. The number of carbonyl (C=O) groups is 1. The van der Waals surface area contributed by atoms with Crippen LogP contribution in [0.4, 0.5) is 0 Å². The van der Waals surface area contributed by atoms with Crippen molar-refractivity contribution in [3.8, 4) is 0 Å². The van der Waals surface area contributed by atoms with Crippen molar-refractivity contribution in [3.63, 3.8) is 0 Å². The van der Waals surface area contributed by atoms with E-state index < -0.39 is 0 Å². The van der Waals surface area contributed by atoms with Crippen molar-refractivity contribution < 1.29 is 9.53 Å². The van der Waals surface area contributed by atoms with Crippen LogP contribution >= 0.6 is 22.6 Å². The van der Waals surface area contributed by atoms with Gasteiger partial charge in [-0.2, -0.15) is 0 Å². The third-order valence-electron chi connectivity index (χ3n) is 1.99. The van der Waals surface area contributed by atoms with Crippen molar-refractivity contribution in [2.24, 2.45) is 5.92 Å². The van der Waals surface area contributed by atoms with Gasteiger partial charge in [-0.1, -0.05) is 56.0 Å². The molecule has 0 saturated carbocycles. The van der Waals surface area contributed by atoms with Gasteiger partial charge in [-0.15, -0.1) is 0 Å². The lowest BCUT2D eigenvalue weighted by Gasteiger charge is -2.25. The molecule has 0 aliphatic carbocycles. The van der Waals surface area contributed by atoms with Gasteiger partial charge in [0.2, 0.25) is 0 Å². The number of ether oxygens (including phenoxy) is 1. The molecule has 0 spiro atoms. The van der Waals surface area contributed by atoms with Gasteiger partial charge in [-0.25, -0.2) is 0 Å². The molecule has 14 heavy (non-hydrogen) atoms. The van der Waals surface area contributed by atoms with Crippen LogP contribution in [0.15, 0.2) is 12.7 Å². The second-order valence-electron chi connectivity index (χ2n) is 3.80. The van der Waals surface area contributed by atoms with E-state index in [1.807, 2.05) is 6.92 Å². The second kappa shape index (κ2) is 6.43. The number of halogens is 1. The average Bonchev–Trinajstić information content (AvgIpc) is 2.12. The molecule has 0 aliphatic heterocycles. The van der Waals surface area contributed by atoms with E-state index in [2.05, 4.69) is 43.0 Å². The molecule has 2 nitrogen and oxygen atoms in total. The number of esters is 1. The second-order valence-corrected chi connectivity index (χ2v) is 5.87. The predicted octanol–water partition coefficient (Wildman–Crippen LogP) is 3.35. The molecular formula is C11H19IO2. The van der Waals surface area contributed by atoms with Gasteiger partial charge in [0, 0.05) is 0 Å². The summed E-state index contributed by atoms with van der Waals surface area (Å²) in [5.41, 5.74) is 0.